The van der Waals surface area contributed by atoms with Gasteiger partial charge in [-0.05, 0) is 38.0 Å². The van der Waals surface area contributed by atoms with Gasteiger partial charge < -0.3 is 14.7 Å². The van der Waals surface area contributed by atoms with Crippen molar-refractivity contribution in [3.63, 3.8) is 0 Å². The lowest BCUT2D eigenvalue weighted by Crippen LogP contribution is -2.41. The van der Waals surface area contributed by atoms with Gasteiger partial charge in [-0.15, -0.1) is 0 Å². The van der Waals surface area contributed by atoms with Crippen LogP contribution in [-0.4, -0.2) is 30.8 Å². The van der Waals surface area contributed by atoms with Crippen LogP contribution in [0.5, 0.6) is 5.75 Å². The Kier molecular flexibility index (Phi) is 5.01. The van der Waals surface area contributed by atoms with E-state index in [-0.39, 0.29) is 0 Å². The third-order valence-corrected chi connectivity index (χ3v) is 3.03. The number of aliphatic carboxylic acids is 1. The van der Waals surface area contributed by atoms with Gasteiger partial charge in [0, 0.05) is 6.54 Å². The number of aryl methyl sites for hydroxylation is 1. The fourth-order valence-corrected chi connectivity index (χ4v) is 2.11. The van der Waals surface area contributed by atoms with E-state index in [0.29, 0.717) is 18.7 Å². The number of rotatable bonds is 6. The van der Waals surface area contributed by atoms with Crippen LogP contribution in [0.25, 0.3) is 0 Å². The van der Waals surface area contributed by atoms with Crippen molar-refractivity contribution in [3.8, 4) is 5.75 Å². The number of hydrogen-bond donors (Lipinski definition) is 1. The molecule has 0 heterocycles. The van der Waals surface area contributed by atoms with E-state index in [9.17, 15) is 9.90 Å². The summed E-state index contributed by atoms with van der Waals surface area (Å²) in [4.78, 5) is 13.2. The molecule has 18 heavy (non-hydrogen) atoms. The first kappa shape index (κ1) is 14.4. The van der Waals surface area contributed by atoms with Crippen molar-refractivity contribution >= 4 is 11.7 Å². The second kappa shape index (κ2) is 6.28. The van der Waals surface area contributed by atoms with E-state index in [4.69, 9.17) is 4.74 Å². The summed E-state index contributed by atoms with van der Waals surface area (Å²) in [6, 6.07) is 5.28. The van der Waals surface area contributed by atoms with Gasteiger partial charge in [-0.1, -0.05) is 13.0 Å². The molecule has 0 aromatic heterocycles. The second-order valence-electron chi connectivity index (χ2n) is 4.22. The summed E-state index contributed by atoms with van der Waals surface area (Å²) in [5.74, 6) is -0.0925. The number of hydrogen-bond acceptors (Lipinski definition) is 3. The van der Waals surface area contributed by atoms with E-state index in [1.807, 2.05) is 43.9 Å². The number of likely N-dealkylation sites (N-methyl/N-ethyl adjacent to an activating group) is 1. The molecule has 0 aliphatic heterocycles. The molecule has 0 unspecified atom stereocenters. The Balaban J connectivity index is 3.22. The Morgan fingerprint density at radius 2 is 2.11 bits per heavy atom. The largest absolute Gasteiger partial charge is 0.495 e. The molecule has 0 saturated heterocycles. The molecule has 0 saturated carbocycles. The molecule has 1 aromatic rings. The van der Waals surface area contributed by atoms with Crippen LogP contribution in [0, 0.1) is 6.92 Å². The van der Waals surface area contributed by atoms with Crippen molar-refractivity contribution in [1.29, 1.82) is 0 Å². The SMILES string of the molecule is CC[C@@H](C(=O)O)N(CC)c1cc(C)ccc1OC. The number of carboxylic acids is 1. The molecule has 1 N–H and O–H groups in total. The molecular formula is C14H21NO3. The van der Waals surface area contributed by atoms with Crippen molar-refractivity contribution in [1.82, 2.24) is 0 Å². The summed E-state index contributed by atoms with van der Waals surface area (Å²) >= 11 is 0. The van der Waals surface area contributed by atoms with Crippen molar-refractivity contribution in [3.05, 3.63) is 23.8 Å². The standard InChI is InChI=1S/C14H21NO3/c1-5-11(14(16)17)15(6-2)12-9-10(3)7-8-13(12)18-4/h7-9,11H,5-6H2,1-4H3,(H,16,17)/t11-/m0/s1. The number of carbonyl (C=O) groups is 1. The molecule has 4 heteroatoms. The number of carboxylic acid groups (broad SMARTS) is 1. The monoisotopic (exact) mass is 251 g/mol. The summed E-state index contributed by atoms with van der Waals surface area (Å²) in [7, 11) is 1.60. The normalized spacial score (nSPS) is 12.0. The van der Waals surface area contributed by atoms with Crippen LogP contribution in [0.4, 0.5) is 5.69 Å². The van der Waals surface area contributed by atoms with Gasteiger partial charge in [-0.3, -0.25) is 0 Å². The van der Waals surface area contributed by atoms with Crippen LogP contribution in [0.15, 0.2) is 18.2 Å². The van der Waals surface area contributed by atoms with Gasteiger partial charge in [-0.2, -0.15) is 0 Å². The highest BCUT2D eigenvalue weighted by molar-refractivity contribution is 5.79. The van der Waals surface area contributed by atoms with Crippen LogP contribution in [0.1, 0.15) is 25.8 Å². The van der Waals surface area contributed by atoms with Gasteiger partial charge in [0.1, 0.15) is 11.8 Å². The van der Waals surface area contributed by atoms with Gasteiger partial charge in [0.25, 0.3) is 0 Å². The van der Waals surface area contributed by atoms with Crippen molar-refractivity contribution in [2.45, 2.75) is 33.2 Å². The van der Waals surface area contributed by atoms with Crippen molar-refractivity contribution in [2.24, 2.45) is 0 Å². The average Bonchev–Trinajstić information content (AvgIpc) is 2.35. The minimum absolute atomic E-state index is 0.523. The third-order valence-electron chi connectivity index (χ3n) is 3.03. The lowest BCUT2D eigenvalue weighted by Gasteiger charge is -2.30. The Hall–Kier alpha value is -1.71. The first-order valence-electron chi connectivity index (χ1n) is 6.19. The summed E-state index contributed by atoms with van der Waals surface area (Å²) < 4.78 is 5.32. The minimum Gasteiger partial charge on any atom is -0.495 e. The predicted molar refractivity (Wildman–Crippen MR) is 72.5 cm³/mol. The summed E-state index contributed by atoms with van der Waals surface area (Å²) in [6.07, 6.45) is 0.556. The zero-order chi connectivity index (χ0) is 13.7. The molecule has 100 valence electrons. The van der Waals surface area contributed by atoms with Crippen LogP contribution in [0.2, 0.25) is 0 Å². The number of methoxy groups -OCH3 is 1. The topological polar surface area (TPSA) is 49.8 Å². The fraction of sp³-hybridized carbons (Fsp3) is 0.500. The van der Waals surface area contributed by atoms with Crippen LogP contribution < -0.4 is 9.64 Å². The van der Waals surface area contributed by atoms with E-state index in [1.54, 1.807) is 7.11 Å². The first-order chi connectivity index (χ1) is 8.54. The van der Waals surface area contributed by atoms with Crippen LogP contribution in [-0.2, 0) is 4.79 Å². The predicted octanol–water partition coefficient (Wildman–Crippen LogP) is 2.69. The highest BCUT2D eigenvalue weighted by Gasteiger charge is 2.25. The molecule has 0 aliphatic carbocycles. The maximum atomic E-state index is 11.3. The van der Waals surface area contributed by atoms with E-state index in [1.165, 1.54) is 0 Å². The van der Waals surface area contributed by atoms with Crippen molar-refractivity contribution in [2.75, 3.05) is 18.6 Å². The maximum Gasteiger partial charge on any atom is 0.326 e. The molecule has 1 rings (SSSR count). The number of nitrogens with zero attached hydrogens (tertiary/aromatic N) is 1. The molecule has 1 aromatic carbocycles. The average molecular weight is 251 g/mol. The molecule has 0 spiro atoms. The van der Waals surface area contributed by atoms with E-state index >= 15 is 0 Å². The Morgan fingerprint density at radius 3 is 2.56 bits per heavy atom. The minimum atomic E-state index is -0.803. The molecule has 1 atom stereocenters. The highest BCUT2D eigenvalue weighted by atomic mass is 16.5. The Labute approximate surface area is 108 Å². The number of benzene rings is 1. The van der Waals surface area contributed by atoms with Gasteiger partial charge in [0.05, 0.1) is 12.8 Å². The van der Waals surface area contributed by atoms with Gasteiger partial charge in [0.2, 0.25) is 0 Å². The first-order valence-corrected chi connectivity index (χ1v) is 6.19. The molecule has 0 radical (unpaired) electrons. The van der Waals surface area contributed by atoms with Gasteiger partial charge in [-0.25, -0.2) is 4.79 Å². The Morgan fingerprint density at radius 1 is 1.44 bits per heavy atom. The molecule has 0 amide bonds. The summed E-state index contributed by atoms with van der Waals surface area (Å²) in [5.41, 5.74) is 1.93. The quantitative estimate of drug-likeness (QED) is 0.844. The van der Waals surface area contributed by atoms with E-state index in [0.717, 1.165) is 11.3 Å². The molecule has 0 bridgehead atoms. The summed E-state index contributed by atoms with van der Waals surface area (Å²) in [5, 5.41) is 9.29. The van der Waals surface area contributed by atoms with E-state index < -0.39 is 12.0 Å². The van der Waals surface area contributed by atoms with Gasteiger partial charge >= 0.3 is 5.97 Å². The molecule has 0 fully saturated rings. The maximum absolute atomic E-state index is 11.3. The van der Waals surface area contributed by atoms with Crippen molar-refractivity contribution < 1.29 is 14.6 Å². The smallest absolute Gasteiger partial charge is 0.326 e. The highest BCUT2D eigenvalue weighted by Crippen LogP contribution is 2.31. The second-order valence-corrected chi connectivity index (χ2v) is 4.22. The lowest BCUT2D eigenvalue weighted by atomic mass is 10.1. The zero-order valence-corrected chi connectivity index (χ0v) is 11.4. The molecular weight excluding hydrogens is 230 g/mol. The van der Waals surface area contributed by atoms with Crippen LogP contribution in [0.3, 0.4) is 0 Å². The summed E-state index contributed by atoms with van der Waals surface area (Å²) in [6.45, 7) is 6.44. The number of ether oxygens (including phenoxy) is 1. The number of anilines is 1. The Bertz CT molecular complexity index is 418. The lowest BCUT2D eigenvalue weighted by molar-refractivity contribution is -0.138. The molecule has 4 nitrogen and oxygen atoms in total. The van der Waals surface area contributed by atoms with Gasteiger partial charge in [0.15, 0.2) is 0 Å². The van der Waals surface area contributed by atoms with E-state index in [2.05, 4.69) is 0 Å². The zero-order valence-electron chi connectivity index (χ0n) is 11.4. The fourth-order valence-electron chi connectivity index (χ4n) is 2.11. The van der Waals surface area contributed by atoms with Crippen LogP contribution >= 0.6 is 0 Å². The molecule has 0 aliphatic rings. The third kappa shape index (κ3) is 2.94.